The SMILES string of the molecule is CCCCCCCCCCCCCC/C=C/O[C@H](COC(=O)CCC/C=C\C/C=C\C/C=C\C/C=C\C=C\[C@@H](O)CC)COP(=O)(O)OCC[N+](C)(C)C. The molecule has 0 radical (unpaired) electrons. The lowest BCUT2D eigenvalue weighted by Gasteiger charge is -2.24. The van der Waals surface area contributed by atoms with Gasteiger partial charge in [0.1, 0.15) is 19.8 Å². The first kappa shape index (κ1) is 51.7. The number of carbonyl (C=O) groups excluding carboxylic acids is 1. The van der Waals surface area contributed by atoms with Crippen molar-refractivity contribution in [2.75, 3.05) is 47.5 Å². The van der Waals surface area contributed by atoms with Crippen molar-refractivity contribution in [1.82, 2.24) is 0 Å². The van der Waals surface area contributed by atoms with Crippen molar-refractivity contribution in [2.24, 2.45) is 0 Å². The largest absolute Gasteiger partial charge is 0.492 e. The van der Waals surface area contributed by atoms with E-state index >= 15 is 0 Å². The Balaban J connectivity index is 4.44. The number of likely N-dealkylation sites (N-methyl/N-ethyl adjacent to an activating group) is 1. The molecule has 54 heavy (non-hydrogen) atoms. The summed E-state index contributed by atoms with van der Waals surface area (Å²) in [4.78, 5) is 22.6. The van der Waals surface area contributed by atoms with Crippen LogP contribution in [0.1, 0.15) is 142 Å². The van der Waals surface area contributed by atoms with Gasteiger partial charge in [-0.05, 0) is 57.4 Å². The summed E-state index contributed by atoms with van der Waals surface area (Å²) in [5, 5.41) is 9.47. The molecule has 1 unspecified atom stereocenters. The first-order valence-corrected chi connectivity index (χ1v) is 22.3. The third kappa shape index (κ3) is 39.4. The number of unbranched alkanes of at least 4 members (excludes halogenated alkanes) is 13. The summed E-state index contributed by atoms with van der Waals surface area (Å²) < 4.78 is 34.6. The van der Waals surface area contributed by atoms with Gasteiger partial charge in [-0.1, -0.05) is 145 Å². The predicted molar refractivity (Wildman–Crippen MR) is 225 cm³/mol. The van der Waals surface area contributed by atoms with E-state index in [2.05, 4.69) is 49.5 Å². The molecular weight excluding hydrogens is 701 g/mol. The number of aliphatic hydroxyl groups excluding tert-OH is 1. The fraction of sp³-hybridized carbons (Fsp3) is 0.705. The Morgan fingerprint density at radius 1 is 0.685 bits per heavy atom. The van der Waals surface area contributed by atoms with Crippen molar-refractivity contribution in [3.8, 4) is 0 Å². The molecule has 9 nitrogen and oxygen atoms in total. The smallest absolute Gasteiger partial charge is 0.472 e. The molecule has 10 heteroatoms. The summed E-state index contributed by atoms with van der Waals surface area (Å²) >= 11 is 0. The van der Waals surface area contributed by atoms with E-state index in [9.17, 15) is 19.4 Å². The van der Waals surface area contributed by atoms with Gasteiger partial charge in [-0.15, -0.1) is 0 Å². The zero-order valence-electron chi connectivity index (χ0n) is 34.8. The van der Waals surface area contributed by atoms with Crippen molar-refractivity contribution in [2.45, 2.75) is 154 Å². The highest BCUT2D eigenvalue weighted by atomic mass is 31.2. The molecule has 0 rings (SSSR count). The molecule has 0 saturated heterocycles. The second kappa shape index (κ2) is 36.4. The zero-order valence-corrected chi connectivity index (χ0v) is 35.7. The fourth-order valence-corrected chi connectivity index (χ4v) is 5.79. The average Bonchev–Trinajstić information content (AvgIpc) is 3.12. The van der Waals surface area contributed by atoms with Gasteiger partial charge in [0.15, 0.2) is 6.10 Å². The van der Waals surface area contributed by atoms with Crippen LogP contribution >= 0.6 is 7.82 Å². The number of allylic oxidation sites excluding steroid dienone is 10. The van der Waals surface area contributed by atoms with Crippen LogP contribution < -0.4 is 0 Å². The molecule has 2 N–H and O–H groups in total. The third-order valence-corrected chi connectivity index (χ3v) is 9.51. The molecular formula is C44H79NO8P+. The van der Waals surface area contributed by atoms with Crippen LogP contribution in [0, 0.1) is 0 Å². The number of hydrogen-bond acceptors (Lipinski definition) is 7. The molecule has 0 heterocycles. The van der Waals surface area contributed by atoms with Crippen LogP contribution in [0.2, 0.25) is 0 Å². The number of carbonyl (C=O) groups is 1. The summed E-state index contributed by atoms with van der Waals surface area (Å²) in [6, 6.07) is 0. The lowest BCUT2D eigenvalue weighted by molar-refractivity contribution is -0.870. The van der Waals surface area contributed by atoms with Crippen molar-refractivity contribution >= 4 is 13.8 Å². The maximum Gasteiger partial charge on any atom is 0.472 e. The standard InChI is InChI=1S/C44H78NO8P/c1-6-8-9-10-11-12-13-14-19-22-25-28-31-34-38-50-43(41-53-54(48,49)52-39-37-45(3,4)5)40-51-44(47)36-33-30-27-24-21-18-16-15-17-20-23-26-29-32-35-42(46)7-2/h16-18,20,24,26-27,29,32,34-35,38,42-43,46H,6-15,19,21-23,25,28,30-31,33,36-37,39-41H2,1-5H3/p+1/b18-16-,20-17-,27-24-,29-26-,35-32+,38-34+/t42-,43+/m0/s1. The first-order valence-electron chi connectivity index (χ1n) is 20.8. The average molecular weight is 781 g/mol. The zero-order chi connectivity index (χ0) is 40.0. The number of phosphoric ester groups is 1. The minimum absolute atomic E-state index is 0.0719. The van der Waals surface area contributed by atoms with Gasteiger partial charge in [0, 0.05) is 6.42 Å². The Kier molecular flexibility index (Phi) is 34.9. The quantitative estimate of drug-likeness (QED) is 0.0122. The predicted octanol–water partition coefficient (Wildman–Crippen LogP) is 11.3. The van der Waals surface area contributed by atoms with Crippen LogP contribution in [0.5, 0.6) is 0 Å². The molecule has 0 aliphatic rings. The lowest BCUT2D eigenvalue weighted by Crippen LogP contribution is -2.37. The summed E-state index contributed by atoms with van der Waals surface area (Å²) in [6.45, 7) is 4.48. The summed E-state index contributed by atoms with van der Waals surface area (Å²) in [5.41, 5.74) is 0. The lowest BCUT2D eigenvalue weighted by atomic mass is 10.0. The minimum Gasteiger partial charge on any atom is -0.492 e. The van der Waals surface area contributed by atoms with Crippen molar-refractivity contribution in [1.29, 1.82) is 0 Å². The number of quaternary nitrogens is 1. The van der Waals surface area contributed by atoms with E-state index < -0.39 is 13.9 Å². The topological polar surface area (TPSA) is 112 Å². The number of rotatable bonds is 37. The number of ether oxygens (including phenoxy) is 2. The van der Waals surface area contributed by atoms with Gasteiger partial charge in [-0.3, -0.25) is 13.8 Å². The van der Waals surface area contributed by atoms with E-state index in [1.165, 1.54) is 70.6 Å². The number of aliphatic hydroxyl groups is 1. The Morgan fingerprint density at radius 3 is 1.83 bits per heavy atom. The highest BCUT2D eigenvalue weighted by Crippen LogP contribution is 2.43. The van der Waals surface area contributed by atoms with Gasteiger partial charge in [-0.2, -0.15) is 0 Å². The van der Waals surface area contributed by atoms with Crippen molar-refractivity contribution < 1.29 is 42.4 Å². The molecule has 0 aliphatic carbocycles. The Hall–Kier alpha value is -2.26. The van der Waals surface area contributed by atoms with Gasteiger partial charge in [0.05, 0.1) is 40.1 Å². The van der Waals surface area contributed by atoms with Gasteiger partial charge in [0.25, 0.3) is 0 Å². The Bertz CT molecular complexity index is 1110. The van der Waals surface area contributed by atoms with Gasteiger partial charge >= 0.3 is 13.8 Å². The van der Waals surface area contributed by atoms with Crippen molar-refractivity contribution in [3.05, 3.63) is 73.1 Å². The monoisotopic (exact) mass is 781 g/mol. The molecule has 3 atom stereocenters. The highest BCUT2D eigenvalue weighted by Gasteiger charge is 2.25. The second-order valence-electron chi connectivity index (χ2n) is 14.9. The van der Waals surface area contributed by atoms with Crippen LogP contribution in [-0.4, -0.2) is 80.2 Å². The summed E-state index contributed by atoms with van der Waals surface area (Å²) in [6.07, 6.45) is 44.2. The number of nitrogens with zero attached hydrogens (tertiary/aromatic N) is 1. The Morgan fingerprint density at radius 2 is 1.24 bits per heavy atom. The van der Waals surface area contributed by atoms with Crippen molar-refractivity contribution in [3.63, 3.8) is 0 Å². The van der Waals surface area contributed by atoms with E-state index in [1.807, 2.05) is 46.3 Å². The first-order chi connectivity index (χ1) is 26.0. The van der Waals surface area contributed by atoms with Crippen LogP contribution in [0.25, 0.3) is 0 Å². The minimum atomic E-state index is -4.29. The third-order valence-electron chi connectivity index (χ3n) is 8.53. The highest BCUT2D eigenvalue weighted by molar-refractivity contribution is 7.47. The van der Waals surface area contributed by atoms with Crippen LogP contribution in [-0.2, 0) is 27.9 Å². The van der Waals surface area contributed by atoms with E-state index in [-0.39, 0.29) is 38.3 Å². The van der Waals surface area contributed by atoms with E-state index in [1.54, 1.807) is 12.3 Å². The molecule has 312 valence electrons. The van der Waals surface area contributed by atoms with E-state index in [0.29, 0.717) is 17.4 Å². The summed E-state index contributed by atoms with van der Waals surface area (Å²) in [7, 11) is 1.61. The molecule has 0 aliphatic heterocycles. The molecule has 0 aromatic carbocycles. The number of hydrogen-bond donors (Lipinski definition) is 2. The fourth-order valence-electron chi connectivity index (χ4n) is 5.05. The maximum absolute atomic E-state index is 12.4. The summed E-state index contributed by atoms with van der Waals surface area (Å²) in [5.74, 6) is -0.347. The molecule has 0 aromatic heterocycles. The molecule has 0 spiro atoms. The Labute approximate surface area is 330 Å². The van der Waals surface area contributed by atoms with E-state index in [4.69, 9.17) is 18.5 Å². The van der Waals surface area contributed by atoms with Gasteiger partial charge in [-0.25, -0.2) is 4.57 Å². The van der Waals surface area contributed by atoms with Gasteiger partial charge in [0.2, 0.25) is 0 Å². The normalized spacial score (nSPS) is 15.1. The molecule has 0 saturated carbocycles. The van der Waals surface area contributed by atoms with Crippen LogP contribution in [0.15, 0.2) is 73.1 Å². The van der Waals surface area contributed by atoms with Crippen LogP contribution in [0.4, 0.5) is 0 Å². The molecule has 0 bridgehead atoms. The molecule has 0 amide bonds. The second-order valence-corrected chi connectivity index (χ2v) is 16.4. The van der Waals surface area contributed by atoms with Crippen LogP contribution in [0.3, 0.4) is 0 Å². The number of esters is 1. The maximum atomic E-state index is 12.4. The van der Waals surface area contributed by atoms with Gasteiger partial charge < -0.3 is 24.0 Å². The molecule has 0 fully saturated rings. The van der Waals surface area contributed by atoms with E-state index in [0.717, 1.165) is 44.9 Å². The number of phosphoric acid groups is 1. The molecule has 0 aromatic rings.